The third-order valence-corrected chi connectivity index (χ3v) is 9.66. The van der Waals surface area contributed by atoms with Crippen LogP contribution in [0.2, 0.25) is 0 Å². The van der Waals surface area contributed by atoms with E-state index in [2.05, 4.69) is 15.6 Å². The molecule has 0 unspecified atom stereocenters. The van der Waals surface area contributed by atoms with E-state index in [0.717, 1.165) is 21.7 Å². The monoisotopic (exact) mass is 791 g/mol. The summed E-state index contributed by atoms with van der Waals surface area (Å²) in [5.41, 5.74) is 3.47. The number of aliphatic hydroxyl groups excluding tert-OH is 1. The van der Waals surface area contributed by atoms with Crippen LogP contribution in [-0.2, 0) is 38.1 Å². The highest BCUT2D eigenvalue weighted by molar-refractivity contribution is 7.13. The summed E-state index contributed by atoms with van der Waals surface area (Å²) >= 11 is 1.57. The minimum atomic E-state index is -0.965. The molecule has 0 bridgehead atoms. The van der Waals surface area contributed by atoms with E-state index in [1.54, 1.807) is 18.4 Å². The van der Waals surface area contributed by atoms with Crippen molar-refractivity contribution in [2.24, 2.45) is 5.41 Å². The highest BCUT2D eigenvalue weighted by Crippen LogP contribution is 2.29. The van der Waals surface area contributed by atoms with Crippen molar-refractivity contribution in [3.05, 3.63) is 41.0 Å². The number of β-amino-alcohol motifs (C(OH)–C–C–N with tert-alkyl or cyclic N) is 1. The molecule has 4 atom stereocenters. The molecule has 308 valence electrons. The number of hydrogen-bond donors (Lipinski definition) is 3. The van der Waals surface area contributed by atoms with Crippen molar-refractivity contribution < 1.29 is 48.0 Å². The Labute approximate surface area is 329 Å². The summed E-state index contributed by atoms with van der Waals surface area (Å²) in [4.78, 5) is 60.5. The second kappa shape index (κ2) is 21.6. The first-order chi connectivity index (χ1) is 25.9. The third-order valence-electron chi connectivity index (χ3n) is 8.69. The number of aromatic nitrogens is 1. The van der Waals surface area contributed by atoms with Crippen LogP contribution in [0, 0.1) is 12.3 Å². The first-order valence-electron chi connectivity index (χ1n) is 18.7. The number of likely N-dealkylation sites (tertiary alicyclic amines) is 1. The van der Waals surface area contributed by atoms with Crippen LogP contribution < -0.4 is 10.6 Å². The van der Waals surface area contributed by atoms with Crippen LogP contribution in [0.5, 0.6) is 0 Å². The fourth-order valence-electron chi connectivity index (χ4n) is 5.68. The second-order valence-corrected chi connectivity index (χ2v) is 16.5. The predicted octanol–water partition coefficient (Wildman–Crippen LogP) is 3.72. The number of hydrogen-bond acceptors (Lipinski definition) is 12. The van der Waals surface area contributed by atoms with Crippen LogP contribution in [0.25, 0.3) is 10.4 Å². The first kappa shape index (κ1) is 45.7. The Morgan fingerprint density at radius 1 is 0.927 bits per heavy atom. The second-order valence-electron chi connectivity index (χ2n) is 15.7. The molecule has 0 radical (unpaired) electrons. The molecule has 0 saturated carbocycles. The van der Waals surface area contributed by atoms with E-state index < -0.39 is 47.1 Å². The summed E-state index contributed by atoms with van der Waals surface area (Å²) in [7, 11) is 1.65. The number of aryl methyl sites for hydroxylation is 1. The van der Waals surface area contributed by atoms with Crippen LogP contribution >= 0.6 is 11.3 Å². The number of rotatable bonds is 20. The van der Waals surface area contributed by atoms with Crippen molar-refractivity contribution in [2.75, 3.05) is 73.0 Å². The van der Waals surface area contributed by atoms with Crippen molar-refractivity contribution in [1.82, 2.24) is 25.4 Å². The van der Waals surface area contributed by atoms with Gasteiger partial charge >= 0.3 is 6.09 Å². The Balaban J connectivity index is 1.35. The molecule has 16 heteroatoms. The Hall–Kier alpha value is -3.67. The highest BCUT2D eigenvalue weighted by Gasteiger charge is 2.44. The minimum absolute atomic E-state index is 0.0192. The molecule has 2 heterocycles. The molecule has 2 aromatic rings. The molecule has 1 aromatic heterocycles. The molecule has 4 amide bonds. The zero-order chi connectivity index (χ0) is 40.8. The number of amides is 4. The summed E-state index contributed by atoms with van der Waals surface area (Å²) < 4.78 is 27.3. The van der Waals surface area contributed by atoms with Gasteiger partial charge in [-0.05, 0) is 51.2 Å². The normalized spacial score (nSPS) is 17.1. The molecule has 0 spiro atoms. The number of ether oxygens (including phenoxy) is 5. The van der Waals surface area contributed by atoms with Crippen molar-refractivity contribution >= 4 is 35.2 Å². The molecule has 1 saturated heterocycles. The number of likely N-dealkylation sites (N-methyl/N-ethyl adjacent to an activating group) is 1. The van der Waals surface area contributed by atoms with Gasteiger partial charge in [0.05, 0.1) is 74.5 Å². The fourth-order valence-corrected chi connectivity index (χ4v) is 6.49. The van der Waals surface area contributed by atoms with Gasteiger partial charge in [-0.15, -0.1) is 11.3 Å². The van der Waals surface area contributed by atoms with Crippen LogP contribution in [0.1, 0.15) is 72.2 Å². The lowest BCUT2D eigenvalue weighted by Gasteiger charge is -2.35. The number of aliphatic hydroxyl groups is 1. The van der Waals surface area contributed by atoms with Crippen LogP contribution in [-0.4, -0.2) is 140 Å². The van der Waals surface area contributed by atoms with E-state index in [1.165, 1.54) is 9.80 Å². The lowest BCUT2D eigenvalue weighted by Crippen LogP contribution is -2.58. The van der Waals surface area contributed by atoms with Gasteiger partial charge in [-0.3, -0.25) is 14.4 Å². The Kier molecular flexibility index (Phi) is 17.9. The molecule has 1 aliphatic heterocycles. The maximum absolute atomic E-state index is 13.9. The van der Waals surface area contributed by atoms with Gasteiger partial charge in [0.2, 0.25) is 17.7 Å². The van der Waals surface area contributed by atoms with E-state index in [0.29, 0.717) is 39.6 Å². The fraction of sp³-hybridized carbons (Fsp3) is 0.667. The van der Waals surface area contributed by atoms with Crippen LogP contribution in [0.4, 0.5) is 4.79 Å². The topological polar surface area (TPSA) is 178 Å². The number of nitrogens with one attached hydrogen (secondary N) is 2. The molecule has 15 nitrogen and oxygen atoms in total. The quantitative estimate of drug-likeness (QED) is 0.167. The summed E-state index contributed by atoms with van der Waals surface area (Å²) in [6.07, 6.45) is -1.18. The predicted molar refractivity (Wildman–Crippen MR) is 208 cm³/mol. The Bertz CT molecular complexity index is 1520. The van der Waals surface area contributed by atoms with Gasteiger partial charge in [0.25, 0.3) is 0 Å². The molecule has 1 aromatic carbocycles. The SMILES string of the molecule is Cc1ncsc1-c1ccc([C@H](C)NC(=O)[C@@H]2C[C@@H](O)CN2C(=O)[C@@H](NC(=O)COCCOCCOCCOCCN(C)C(=O)OC(C)(C)C)C(C)(C)C)cc1. The maximum atomic E-state index is 13.9. The van der Waals surface area contributed by atoms with E-state index in [-0.39, 0.29) is 44.7 Å². The zero-order valence-corrected chi connectivity index (χ0v) is 34.7. The lowest BCUT2D eigenvalue weighted by molar-refractivity contribution is -0.144. The van der Waals surface area contributed by atoms with Gasteiger partial charge in [-0.2, -0.15) is 0 Å². The van der Waals surface area contributed by atoms with Gasteiger partial charge in [-0.25, -0.2) is 9.78 Å². The lowest BCUT2D eigenvalue weighted by atomic mass is 9.85. The number of thiazole rings is 1. The Morgan fingerprint density at radius 2 is 1.51 bits per heavy atom. The first-order valence-corrected chi connectivity index (χ1v) is 19.6. The molecule has 1 fully saturated rings. The van der Waals surface area contributed by atoms with Gasteiger partial charge in [-0.1, -0.05) is 45.0 Å². The van der Waals surface area contributed by atoms with Gasteiger partial charge in [0.15, 0.2) is 0 Å². The molecule has 55 heavy (non-hydrogen) atoms. The van der Waals surface area contributed by atoms with Crippen molar-refractivity contribution in [1.29, 1.82) is 0 Å². The smallest absolute Gasteiger partial charge is 0.410 e. The van der Waals surface area contributed by atoms with Crippen LogP contribution in [0.15, 0.2) is 29.8 Å². The molecule has 3 rings (SSSR count). The molecular formula is C39H61N5O10S. The van der Waals surface area contributed by atoms with Gasteiger partial charge in [0, 0.05) is 26.6 Å². The van der Waals surface area contributed by atoms with Crippen molar-refractivity contribution in [2.45, 2.75) is 91.6 Å². The zero-order valence-electron chi connectivity index (χ0n) is 33.8. The van der Waals surface area contributed by atoms with Gasteiger partial charge in [0.1, 0.15) is 24.3 Å². The largest absolute Gasteiger partial charge is 0.444 e. The van der Waals surface area contributed by atoms with E-state index in [4.69, 9.17) is 23.7 Å². The minimum Gasteiger partial charge on any atom is -0.444 e. The standard InChI is InChI=1S/C39H61N5O10S/c1-26(28-10-12-29(13-11-28)33-27(2)40-25-55-33)41-35(47)31-22-30(45)23-44(31)36(48)34(38(3,4)5)42-32(46)24-53-21-20-52-19-18-51-17-16-50-15-14-43(9)37(49)54-39(6,7)8/h10-13,25-26,30-31,34,45H,14-24H2,1-9H3,(H,41,47)(H,42,46)/t26-,30+,31-,34+/m0/s1. The van der Waals surface area contributed by atoms with E-state index in [9.17, 15) is 24.3 Å². The number of carbonyl (C=O) groups is 4. The Morgan fingerprint density at radius 3 is 2.05 bits per heavy atom. The van der Waals surface area contributed by atoms with Crippen LogP contribution in [0.3, 0.4) is 0 Å². The average Bonchev–Trinajstić information content (AvgIpc) is 3.72. The van der Waals surface area contributed by atoms with E-state index >= 15 is 0 Å². The highest BCUT2D eigenvalue weighted by atomic mass is 32.1. The third kappa shape index (κ3) is 15.4. The molecule has 0 aliphatic carbocycles. The molecule has 1 aliphatic rings. The maximum Gasteiger partial charge on any atom is 0.410 e. The number of nitrogens with zero attached hydrogens (tertiary/aromatic N) is 3. The van der Waals surface area contributed by atoms with Crippen molar-refractivity contribution in [3.8, 4) is 10.4 Å². The number of carbonyl (C=O) groups excluding carboxylic acids is 4. The summed E-state index contributed by atoms with van der Waals surface area (Å²) in [5.74, 6) is -1.31. The van der Waals surface area contributed by atoms with Gasteiger partial charge < -0.3 is 49.2 Å². The molecular weight excluding hydrogens is 731 g/mol. The summed E-state index contributed by atoms with van der Waals surface area (Å²) in [6.45, 7) is 17.0. The summed E-state index contributed by atoms with van der Waals surface area (Å²) in [6, 6.07) is 5.70. The number of benzene rings is 1. The summed E-state index contributed by atoms with van der Waals surface area (Å²) in [5, 5.41) is 16.3. The van der Waals surface area contributed by atoms with Crippen molar-refractivity contribution in [3.63, 3.8) is 0 Å². The molecule has 3 N–H and O–H groups in total. The van der Waals surface area contributed by atoms with E-state index in [1.807, 2.05) is 85.2 Å². The average molecular weight is 792 g/mol.